The van der Waals surface area contributed by atoms with Gasteiger partial charge in [-0.25, -0.2) is 0 Å². The maximum atomic E-state index is 12.3. The molecule has 9 heteroatoms. The van der Waals surface area contributed by atoms with Crippen molar-refractivity contribution < 1.29 is 19.1 Å². The van der Waals surface area contributed by atoms with Gasteiger partial charge in [0.2, 0.25) is 0 Å². The van der Waals surface area contributed by atoms with E-state index in [1.807, 2.05) is 6.92 Å². The van der Waals surface area contributed by atoms with Gasteiger partial charge in [-0.15, -0.1) is 0 Å². The summed E-state index contributed by atoms with van der Waals surface area (Å²) in [7, 11) is 0. The number of amides is 2. The maximum Gasteiger partial charge on any atom is 0.276 e. The van der Waals surface area contributed by atoms with Crippen molar-refractivity contribution in [2.24, 2.45) is 0 Å². The van der Waals surface area contributed by atoms with Crippen LogP contribution in [0.15, 0.2) is 45.3 Å². The van der Waals surface area contributed by atoms with Crippen molar-refractivity contribution in [1.29, 1.82) is 0 Å². The molecule has 0 atom stereocenters. The Labute approximate surface area is 172 Å². The maximum absolute atomic E-state index is 12.3. The van der Waals surface area contributed by atoms with Crippen LogP contribution < -0.4 is 20.3 Å². The molecule has 0 radical (unpaired) electrons. The molecule has 2 aromatic rings. The molecule has 2 aromatic carbocycles. The van der Waals surface area contributed by atoms with Crippen LogP contribution in [0.3, 0.4) is 0 Å². The molecule has 0 saturated heterocycles. The van der Waals surface area contributed by atoms with Crippen molar-refractivity contribution >= 4 is 55.3 Å². The molecule has 0 heterocycles. The lowest BCUT2D eigenvalue weighted by Gasteiger charge is -2.12. The third-order valence-electron chi connectivity index (χ3n) is 3.05. The summed E-state index contributed by atoms with van der Waals surface area (Å²) >= 11 is 12.4. The number of carbonyl (C=O) groups excluding carboxylic acids is 2. The van der Waals surface area contributed by atoms with Crippen LogP contribution in [0.4, 0.5) is 0 Å². The van der Waals surface area contributed by atoms with Crippen molar-refractivity contribution in [3.05, 3.63) is 55.9 Å². The van der Waals surface area contributed by atoms with Gasteiger partial charge in [-0.3, -0.25) is 20.4 Å². The van der Waals surface area contributed by atoms with E-state index in [4.69, 9.17) is 21.1 Å². The molecule has 26 heavy (non-hydrogen) atoms. The highest BCUT2D eigenvalue weighted by Crippen LogP contribution is 2.27. The highest BCUT2D eigenvalue weighted by Gasteiger charge is 2.14. The fourth-order valence-corrected chi connectivity index (χ4v) is 3.08. The van der Waals surface area contributed by atoms with E-state index in [1.165, 1.54) is 0 Å². The first-order chi connectivity index (χ1) is 12.4. The third kappa shape index (κ3) is 5.89. The van der Waals surface area contributed by atoms with Crippen LogP contribution in [0.25, 0.3) is 0 Å². The van der Waals surface area contributed by atoms with Gasteiger partial charge in [0, 0.05) is 9.50 Å². The molecule has 0 aliphatic carbocycles. The van der Waals surface area contributed by atoms with Crippen LogP contribution >= 0.6 is 43.5 Å². The van der Waals surface area contributed by atoms with Crippen LogP contribution in [0.5, 0.6) is 11.5 Å². The van der Waals surface area contributed by atoms with Gasteiger partial charge in [0.25, 0.3) is 11.8 Å². The van der Waals surface area contributed by atoms with Gasteiger partial charge >= 0.3 is 0 Å². The van der Waals surface area contributed by atoms with Gasteiger partial charge in [0.15, 0.2) is 6.61 Å². The van der Waals surface area contributed by atoms with Crippen LogP contribution in [-0.4, -0.2) is 25.0 Å². The van der Waals surface area contributed by atoms with Gasteiger partial charge in [-0.2, -0.15) is 0 Å². The normalized spacial score (nSPS) is 10.2. The zero-order valence-electron chi connectivity index (χ0n) is 13.6. The summed E-state index contributed by atoms with van der Waals surface area (Å²) < 4.78 is 12.1. The Bertz CT molecular complexity index is 817. The number of benzene rings is 2. The Kier molecular flexibility index (Phi) is 7.74. The van der Waals surface area contributed by atoms with Gasteiger partial charge in [-0.1, -0.05) is 27.5 Å². The van der Waals surface area contributed by atoms with Crippen molar-refractivity contribution in [3.8, 4) is 11.5 Å². The largest absolute Gasteiger partial charge is 0.493 e. The summed E-state index contributed by atoms with van der Waals surface area (Å²) in [6, 6.07) is 9.97. The smallest absolute Gasteiger partial charge is 0.276 e. The van der Waals surface area contributed by atoms with E-state index < -0.39 is 11.8 Å². The second-order valence-corrected chi connectivity index (χ2v) is 7.15. The van der Waals surface area contributed by atoms with Crippen LogP contribution in [0.1, 0.15) is 17.3 Å². The number of hydrazine groups is 1. The van der Waals surface area contributed by atoms with Crippen molar-refractivity contribution in [1.82, 2.24) is 10.9 Å². The number of halogens is 3. The average Bonchev–Trinajstić information content (AvgIpc) is 2.60. The molecule has 0 aliphatic heterocycles. The minimum absolute atomic E-state index is 0.280. The van der Waals surface area contributed by atoms with Crippen molar-refractivity contribution in [3.63, 3.8) is 0 Å². The fourth-order valence-electron chi connectivity index (χ4n) is 1.93. The molecule has 0 spiro atoms. The lowest BCUT2D eigenvalue weighted by atomic mass is 10.2. The van der Waals surface area contributed by atoms with Gasteiger partial charge in [0.05, 0.1) is 16.6 Å². The number of hydrogen-bond acceptors (Lipinski definition) is 4. The molecule has 0 bridgehead atoms. The summed E-state index contributed by atoms with van der Waals surface area (Å²) in [6.45, 7) is 1.95. The molecule has 6 nitrogen and oxygen atoms in total. The van der Waals surface area contributed by atoms with E-state index in [9.17, 15) is 9.59 Å². The number of rotatable bonds is 6. The van der Waals surface area contributed by atoms with Crippen molar-refractivity contribution in [2.45, 2.75) is 6.92 Å². The number of carbonyl (C=O) groups is 2. The highest BCUT2D eigenvalue weighted by atomic mass is 79.9. The molecular weight excluding hydrogens is 491 g/mol. The van der Waals surface area contributed by atoms with Gasteiger partial charge in [0.1, 0.15) is 11.5 Å². The van der Waals surface area contributed by atoms with E-state index in [-0.39, 0.29) is 6.61 Å². The summed E-state index contributed by atoms with van der Waals surface area (Å²) in [5, 5.41) is 0.542. The molecule has 0 aromatic heterocycles. The predicted octanol–water partition coefficient (Wildman–Crippen LogP) is 4.10. The summed E-state index contributed by atoms with van der Waals surface area (Å²) in [4.78, 5) is 24.1. The number of ether oxygens (including phenoxy) is 2. The van der Waals surface area contributed by atoms with E-state index >= 15 is 0 Å². The topological polar surface area (TPSA) is 76.7 Å². The molecular formula is C17H15Br2ClN2O4. The first-order valence-electron chi connectivity index (χ1n) is 7.50. The Balaban J connectivity index is 1.91. The molecule has 2 rings (SSSR count). The molecule has 0 unspecified atom stereocenters. The number of hydrogen-bond donors (Lipinski definition) is 2. The van der Waals surface area contributed by atoms with Crippen LogP contribution in [0.2, 0.25) is 5.02 Å². The van der Waals surface area contributed by atoms with E-state index in [0.717, 1.165) is 0 Å². The molecule has 0 saturated carbocycles. The zero-order chi connectivity index (χ0) is 19.1. The van der Waals surface area contributed by atoms with Crippen LogP contribution in [0, 0.1) is 0 Å². The second kappa shape index (κ2) is 9.80. The lowest BCUT2D eigenvalue weighted by Crippen LogP contribution is -2.44. The Morgan fingerprint density at radius 2 is 1.77 bits per heavy atom. The highest BCUT2D eigenvalue weighted by molar-refractivity contribution is 9.10. The summed E-state index contributed by atoms with van der Waals surface area (Å²) in [5.41, 5.74) is 4.92. The van der Waals surface area contributed by atoms with E-state index in [1.54, 1.807) is 36.4 Å². The molecule has 138 valence electrons. The Morgan fingerprint density at radius 3 is 2.46 bits per heavy atom. The minimum Gasteiger partial charge on any atom is -0.493 e. The molecule has 0 aliphatic rings. The van der Waals surface area contributed by atoms with E-state index in [2.05, 4.69) is 42.7 Å². The molecule has 2 N–H and O–H groups in total. The standard InChI is InChI=1S/C17H15Br2ClN2O4/c1-2-25-14-5-3-10(18)7-12(14)17(24)22-21-16(23)9-26-15-6-4-11(20)8-13(15)19/h3-8H,2,9H2,1H3,(H,21,23)(H,22,24). The first kappa shape index (κ1) is 20.5. The Morgan fingerprint density at radius 1 is 1.04 bits per heavy atom. The van der Waals surface area contributed by atoms with Gasteiger partial charge in [-0.05, 0) is 59.3 Å². The summed E-state index contributed by atoms with van der Waals surface area (Å²) in [5.74, 6) is -0.144. The minimum atomic E-state index is -0.520. The quantitative estimate of drug-likeness (QED) is 0.579. The average molecular weight is 507 g/mol. The monoisotopic (exact) mass is 504 g/mol. The Hall–Kier alpha value is -1.77. The second-order valence-electron chi connectivity index (χ2n) is 4.94. The van der Waals surface area contributed by atoms with E-state index in [0.29, 0.717) is 37.6 Å². The van der Waals surface area contributed by atoms with Crippen molar-refractivity contribution in [2.75, 3.05) is 13.2 Å². The molecule has 0 fully saturated rings. The lowest BCUT2D eigenvalue weighted by molar-refractivity contribution is -0.123. The molecule has 2 amide bonds. The fraction of sp³-hybridized carbons (Fsp3) is 0.176. The van der Waals surface area contributed by atoms with Crippen LogP contribution in [-0.2, 0) is 4.79 Å². The summed E-state index contributed by atoms with van der Waals surface area (Å²) in [6.07, 6.45) is 0. The first-order valence-corrected chi connectivity index (χ1v) is 9.46. The zero-order valence-corrected chi connectivity index (χ0v) is 17.6. The van der Waals surface area contributed by atoms with Gasteiger partial charge < -0.3 is 9.47 Å². The third-order valence-corrected chi connectivity index (χ3v) is 4.40. The number of nitrogens with one attached hydrogen (secondary N) is 2. The SMILES string of the molecule is CCOc1ccc(Br)cc1C(=O)NNC(=O)COc1ccc(Cl)cc1Br. The predicted molar refractivity (Wildman–Crippen MR) is 106 cm³/mol.